The Morgan fingerprint density at radius 2 is 2.00 bits per heavy atom. The SMILES string of the molecule is c1cc(N2CCOCC2)ccc1CNc1cnns1. The maximum absolute atomic E-state index is 5.36. The Kier molecular flexibility index (Phi) is 3.90. The summed E-state index contributed by atoms with van der Waals surface area (Å²) in [5.41, 5.74) is 2.52. The van der Waals surface area contributed by atoms with Crippen molar-refractivity contribution in [1.29, 1.82) is 0 Å². The molecule has 5 nitrogen and oxygen atoms in total. The van der Waals surface area contributed by atoms with Crippen molar-refractivity contribution in [2.75, 3.05) is 36.5 Å². The third-order valence-electron chi connectivity index (χ3n) is 3.14. The van der Waals surface area contributed by atoms with Crippen molar-refractivity contribution in [1.82, 2.24) is 9.59 Å². The minimum Gasteiger partial charge on any atom is -0.378 e. The first-order chi connectivity index (χ1) is 9.42. The van der Waals surface area contributed by atoms with Crippen LogP contribution in [-0.4, -0.2) is 35.9 Å². The standard InChI is InChI=1S/C13H16N4OS/c1-3-12(17-5-7-18-8-6-17)4-2-11(1)9-14-13-10-15-16-19-13/h1-4,10,14H,5-9H2. The van der Waals surface area contributed by atoms with E-state index < -0.39 is 0 Å². The van der Waals surface area contributed by atoms with Crippen LogP contribution in [0.2, 0.25) is 0 Å². The van der Waals surface area contributed by atoms with Crippen LogP contribution in [0.4, 0.5) is 10.7 Å². The third-order valence-corrected chi connectivity index (χ3v) is 3.76. The molecule has 2 heterocycles. The number of benzene rings is 1. The molecule has 0 radical (unpaired) electrons. The van der Waals surface area contributed by atoms with Crippen molar-refractivity contribution < 1.29 is 4.74 Å². The van der Waals surface area contributed by atoms with Crippen molar-refractivity contribution in [3.8, 4) is 0 Å². The number of hydrogen-bond donors (Lipinski definition) is 1. The molecule has 100 valence electrons. The number of nitrogens with one attached hydrogen (secondary N) is 1. The van der Waals surface area contributed by atoms with Gasteiger partial charge in [0.05, 0.1) is 19.4 Å². The molecule has 0 spiro atoms. The highest BCUT2D eigenvalue weighted by Gasteiger charge is 2.10. The van der Waals surface area contributed by atoms with Gasteiger partial charge in [0.2, 0.25) is 0 Å². The molecule has 0 atom stereocenters. The quantitative estimate of drug-likeness (QED) is 0.925. The monoisotopic (exact) mass is 276 g/mol. The van der Waals surface area contributed by atoms with Gasteiger partial charge in [-0.25, -0.2) is 0 Å². The minimum atomic E-state index is 0.799. The van der Waals surface area contributed by atoms with Crippen molar-refractivity contribution in [2.45, 2.75) is 6.54 Å². The van der Waals surface area contributed by atoms with Gasteiger partial charge in [-0.3, -0.25) is 0 Å². The predicted octanol–water partition coefficient (Wildman–Crippen LogP) is 1.99. The average molecular weight is 276 g/mol. The summed E-state index contributed by atoms with van der Waals surface area (Å²) in [6, 6.07) is 8.67. The molecule has 3 rings (SSSR count). The highest BCUT2D eigenvalue weighted by Crippen LogP contribution is 2.18. The first-order valence-corrected chi connectivity index (χ1v) is 7.12. The van der Waals surface area contributed by atoms with Crippen LogP contribution in [0.3, 0.4) is 0 Å². The Hall–Kier alpha value is -1.66. The van der Waals surface area contributed by atoms with Crippen LogP contribution < -0.4 is 10.2 Å². The molecule has 6 heteroatoms. The van der Waals surface area contributed by atoms with Gasteiger partial charge in [-0.15, -0.1) is 5.10 Å². The average Bonchev–Trinajstić information content (AvgIpc) is 3.00. The van der Waals surface area contributed by atoms with Gasteiger partial charge in [0.25, 0.3) is 0 Å². The first kappa shape index (κ1) is 12.4. The van der Waals surface area contributed by atoms with E-state index >= 15 is 0 Å². The Morgan fingerprint density at radius 1 is 1.21 bits per heavy atom. The van der Waals surface area contributed by atoms with Crippen molar-refractivity contribution in [2.24, 2.45) is 0 Å². The molecule has 0 amide bonds. The van der Waals surface area contributed by atoms with E-state index in [0.29, 0.717) is 0 Å². The summed E-state index contributed by atoms with van der Waals surface area (Å²) in [4.78, 5) is 2.35. The second-order valence-corrected chi connectivity index (χ2v) is 5.19. The molecule has 1 aliphatic heterocycles. The molecule has 1 fully saturated rings. The number of nitrogens with zero attached hydrogens (tertiary/aromatic N) is 3. The summed E-state index contributed by atoms with van der Waals surface area (Å²) >= 11 is 1.37. The molecule has 1 N–H and O–H groups in total. The molecule has 0 saturated carbocycles. The second-order valence-electron chi connectivity index (χ2n) is 4.40. The molecule has 1 aliphatic rings. The number of aromatic nitrogens is 2. The fourth-order valence-electron chi connectivity index (χ4n) is 2.08. The fourth-order valence-corrected chi connectivity index (χ4v) is 2.49. The van der Waals surface area contributed by atoms with Crippen molar-refractivity contribution in [3.05, 3.63) is 36.0 Å². The van der Waals surface area contributed by atoms with E-state index in [0.717, 1.165) is 37.8 Å². The van der Waals surface area contributed by atoms with Gasteiger partial charge in [0.1, 0.15) is 5.00 Å². The minimum absolute atomic E-state index is 0.799. The highest BCUT2D eigenvalue weighted by atomic mass is 32.1. The Morgan fingerprint density at radius 3 is 2.68 bits per heavy atom. The zero-order valence-corrected chi connectivity index (χ0v) is 11.4. The second kappa shape index (κ2) is 5.99. The lowest BCUT2D eigenvalue weighted by molar-refractivity contribution is 0.122. The van der Waals surface area contributed by atoms with E-state index in [1.807, 2.05) is 0 Å². The van der Waals surface area contributed by atoms with Crippen LogP contribution in [0, 0.1) is 0 Å². The van der Waals surface area contributed by atoms with Gasteiger partial charge in [-0.1, -0.05) is 16.6 Å². The molecule has 0 bridgehead atoms. The van der Waals surface area contributed by atoms with E-state index in [4.69, 9.17) is 4.74 Å². The van der Waals surface area contributed by atoms with Crippen LogP contribution in [0.25, 0.3) is 0 Å². The summed E-state index contributed by atoms with van der Waals surface area (Å²) in [7, 11) is 0. The number of rotatable bonds is 4. The lowest BCUT2D eigenvalue weighted by Crippen LogP contribution is -2.36. The van der Waals surface area contributed by atoms with E-state index in [2.05, 4.69) is 44.1 Å². The zero-order chi connectivity index (χ0) is 12.9. The maximum atomic E-state index is 5.36. The van der Waals surface area contributed by atoms with Gasteiger partial charge < -0.3 is 15.0 Å². The largest absolute Gasteiger partial charge is 0.378 e. The topological polar surface area (TPSA) is 50.3 Å². The van der Waals surface area contributed by atoms with Crippen molar-refractivity contribution in [3.63, 3.8) is 0 Å². The van der Waals surface area contributed by atoms with Crippen LogP contribution >= 0.6 is 11.5 Å². The summed E-state index contributed by atoms with van der Waals surface area (Å²) in [6.45, 7) is 4.39. The van der Waals surface area contributed by atoms with E-state index in [9.17, 15) is 0 Å². The van der Waals surface area contributed by atoms with Gasteiger partial charge in [0, 0.05) is 36.9 Å². The summed E-state index contributed by atoms with van der Waals surface area (Å²) in [5, 5.41) is 8.09. The summed E-state index contributed by atoms with van der Waals surface area (Å²) < 4.78 is 9.18. The molecule has 1 saturated heterocycles. The molecular weight excluding hydrogens is 260 g/mol. The summed E-state index contributed by atoms with van der Waals surface area (Å²) in [6.07, 6.45) is 1.74. The molecule has 2 aromatic rings. The van der Waals surface area contributed by atoms with Crippen LogP contribution in [0.15, 0.2) is 30.5 Å². The normalized spacial score (nSPS) is 15.5. The summed E-state index contributed by atoms with van der Waals surface area (Å²) in [5.74, 6) is 0. The molecule has 0 unspecified atom stereocenters. The lowest BCUT2D eigenvalue weighted by atomic mass is 10.2. The van der Waals surface area contributed by atoms with Gasteiger partial charge in [0.15, 0.2) is 0 Å². The number of anilines is 2. The molecular formula is C13H16N4OS. The Balaban J connectivity index is 1.58. The number of morpholine rings is 1. The lowest BCUT2D eigenvalue weighted by Gasteiger charge is -2.28. The van der Waals surface area contributed by atoms with Gasteiger partial charge >= 0.3 is 0 Å². The van der Waals surface area contributed by atoms with Crippen LogP contribution in [-0.2, 0) is 11.3 Å². The third kappa shape index (κ3) is 3.21. The highest BCUT2D eigenvalue weighted by molar-refractivity contribution is 7.09. The molecule has 1 aromatic heterocycles. The van der Waals surface area contributed by atoms with Gasteiger partial charge in [-0.05, 0) is 17.7 Å². The van der Waals surface area contributed by atoms with Crippen LogP contribution in [0.1, 0.15) is 5.56 Å². The smallest absolute Gasteiger partial charge is 0.130 e. The first-order valence-electron chi connectivity index (χ1n) is 6.35. The fraction of sp³-hybridized carbons (Fsp3) is 0.385. The maximum Gasteiger partial charge on any atom is 0.130 e. The van der Waals surface area contributed by atoms with Crippen LogP contribution in [0.5, 0.6) is 0 Å². The van der Waals surface area contributed by atoms with Crippen molar-refractivity contribution >= 4 is 22.2 Å². The Labute approximate surface area is 116 Å². The van der Waals surface area contributed by atoms with E-state index in [-0.39, 0.29) is 0 Å². The molecule has 1 aromatic carbocycles. The zero-order valence-electron chi connectivity index (χ0n) is 10.6. The number of ether oxygens (including phenoxy) is 1. The predicted molar refractivity (Wildman–Crippen MR) is 76.7 cm³/mol. The Bertz CT molecular complexity index is 494. The van der Waals surface area contributed by atoms with Gasteiger partial charge in [-0.2, -0.15) is 0 Å². The number of hydrogen-bond acceptors (Lipinski definition) is 6. The van der Waals surface area contributed by atoms with E-state index in [1.54, 1.807) is 6.20 Å². The molecule has 19 heavy (non-hydrogen) atoms. The van der Waals surface area contributed by atoms with E-state index in [1.165, 1.54) is 22.8 Å². The molecule has 0 aliphatic carbocycles.